The predicted octanol–water partition coefficient (Wildman–Crippen LogP) is 13.1. The minimum Gasteiger partial charge on any atom is -0.454 e. The molecule has 1 aromatic heterocycles. The van der Waals surface area contributed by atoms with E-state index in [4.69, 9.17) is 4.42 Å². The van der Waals surface area contributed by atoms with Crippen LogP contribution in [0.3, 0.4) is 0 Å². The maximum Gasteiger partial charge on any atom is 0.159 e. The quantitative estimate of drug-likeness (QED) is 0.193. The van der Waals surface area contributed by atoms with Gasteiger partial charge in [0.05, 0.1) is 11.4 Å². The number of nitrogens with zero attached hydrogens (tertiary/aromatic N) is 1. The molecule has 0 radical (unpaired) electrons. The fraction of sp³-hybridized carbons (Fsp3) is 0.149. The normalized spacial score (nSPS) is 15.0. The molecule has 49 heavy (non-hydrogen) atoms. The van der Waals surface area contributed by atoms with Crippen LogP contribution in [0.2, 0.25) is 0 Å². The molecule has 236 valence electrons. The first-order chi connectivity index (χ1) is 23.8. The molecule has 7 aromatic carbocycles. The van der Waals surface area contributed by atoms with Crippen LogP contribution >= 0.6 is 0 Å². The third kappa shape index (κ3) is 3.67. The number of para-hydroxylation sites is 3. The Kier molecular flexibility index (Phi) is 5.65. The summed E-state index contributed by atoms with van der Waals surface area (Å²) in [4.78, 5) is 2.40. The number of fused-ring (bicyclic) bond motifs is 9. The number of furan rings is 1. The first kappa shape index (κ1) is 28.4. The maximum absolute atomic E-state index is 6.76. The van der Waals surface area contributed by atoms with Gasteiger partial charge in [-0.1, -0.05) is 137 Å². The van der Waals surface area contributed by atoms with Crippen LogP contribution in [0.25, 0.3) is 55.0 Å². The summed E-state index contributed by atoms with van der Waals surface area (Å²) in [5, 5.41) is 4.86. The fourth-order valence-corrected chi connectivity index (χ4v) is 9.32. The Morgan fingerprint density at radius 1 is 0.449 bits per heavy atom. The lowest BCUT2D eigenvalue weighted by Crippen LogP contribution is -2.29. The van der Waals surface area contributed by atoms with E-state index in [-0.39, 0.29) is 10.8 Å². The van der Waals surface area contributed by atoms with Crippen LogP contribution in [0.15, 0.2) is 138 Å². The summed E-state index contributed by atoms with van der Waals surface area (Å²) < 4.78 is 6.76. The topological polar surface area (TPSA) is 16.4 Å². The molecular formula is C47H37NO. The van der Waals surface area contributed by atoms with Crippen molar-refractivity contribution in [2.75, 3.05) is 4.90 Å². The molecule has 2 aliphatic carbocycles. The largest absolute Gasteiger partial charge is 0.454 e. The average molecular weight is 632 g/mol. The third-order valence-corrected chi connectivity index (χ3v) is 11.5. The molecule has 0 fully saturated rings. The third-order valence-electron chi connectivity index (χ3n) is 11.5. The highest BCUT2D eigenvalue weighted by Gasteiger charge is 2.44. The molecule has 0 atom stereocenters. The van der Waals surface area contributed by atoms with Gasteiger partial charge in [-0.15, -0.1) is 0 Å². The second-order valence-electron chi connectivity index (χ2n) is 14.9. The maximum atomic E-state index is 6.76. The molecule has 10 rings (SSSR count). The summed E-state index contributed by atoms with van der Waals surface area (Å²) in [5.41, 5.74) is 17.1. The fourth-order valence-electron chi connectivity index (χ4n) is 9.32. The Morgan fingerprint density at radius 3 is 1.84 bits per heavy atom. The van der Waals surface area contributed by atoms with Crippen LogP contribution in [-0.4, -0.2) is 0 Å². The van der Waals surface area contributed by atoms with Crippen molar-refractivity contribution in [3.63, 3.8) is 0 Å². The zero-order chi connectivity index (χ0) is 33.2. The number of anilines is 3. The van der Waals surface area contributed by atoms with Crippen LogP contribution in [0.1, 0.15) is 55.5 Å². The molecule has 0 saturated heterocycles. The van der Waals surface area contributed by atoms with Crippen LogP contribution in [-0.2, 0) is 10.8 Å². The molecule has 0 bridgehead atoms. The second-order valence-corrected chi connectivity index (χ2v) is 14.9. The van der Waals surface area contributed by atoms with Gasteiger partial charge < -0.3 is 9.32 Å². The Labute approximate surface area is 287 Å². The van der Waals surface area contributed by atoms with Crippen molar-refractivity contribution < 1.29 is 4.42 Å². The van der Waals surface area contributed by atoms with Crippen molar-refractivity contribution in [2.24, 2.45) is 0 Å². The van der Waals surface area contributed by atoms with Gasteiger partial charge in [-0.3, -0.25) is 0 Å². The number of hydrogen-bond donors (Lipinski definition) is 0. The molecule has 0 spiro atoms. The summed E-state index contributed by atoms with van der Waals surface area (Å²) in [5.74, 6) is 0. The van der Waals surface area contributed by atoms with E-state index in [0.717, 1.165) is 44.6 Å². The lowest BCUT2D eigenvalue weighted by Gasteiger charge is -2.40. The standard InChI is InChI=1S/C47H37NO/c1-28-14-11-18-34-35-19-13-23-40(45(35)49-44(28)34)48(29-15-7-6-8-16-29)39-27-26-31-33-25-24-32-30-17-9-10-21-37(30)46(2,3)42(32)43(33)47(4,5)38-22-12-20-36(39)41(31)38/h6-27H,1-5H3. The van der Waals surface area contributed by atoms with E-state index in [1.807, 2.05) is 0 Å². The molecule has 0 saturated carbocycles. The van der Waals surface area contributed by atoms with E-state index >= 15 is 0 Å². The van der Waals surface area contributed by atoms with Gasteiger partial charge >= 0.3 is 0 Å². The molecule has 2 nitrogen and oxygen atoms in total. The SMILES string of the molecule is Cc1cccc2c1oc1c(N(c3ccccc3)c3ccc4c5c(cccc35)C(C)(C)c3c-4ccc4c3C(C)(C)c3ccccc3-4)cccc12. The summed E-state index contributed by atoms with van der Waals surface area (Å²) in [7, 11) is 0. The minimum atomic E-state index is -0.209. The van der Waals surface area contributed by atoms with Crippen LogP contribution in [0.4, 0.5) is 17.1 Å². The van der Waals surface area contributed by atoms with Crippen molar-refractivity contribution in [2.45, 2.75) is 45.4 Å². The van der Waals surface area contributed by atoms with Crippen molar-refractivity contribution in [1.29, 1.82) is 0 Å². The molecule has 0 aliphatic heterocycles. The van der Waals surface area contributed by atoms with Gasteiger partial charge in [-0.2, -0.15) is 0 Å². The summed E-state index contributed by atoms with van der Waals surface area (Å²) in [6, 6.07) is 49.1. The van der Waals surface area contributed by atoms with Crippen LogP contribution in [0.5, 0.6) is 0 Å². The number of aryl methyl sites for hydroxylation is 1. The molecular weight excluding hydrogens is 595 g/mol. The summed E-state index contributed by atoms with van der Waals surface area (Å²) in [6.07, 6.45) is 0. The van der Waals surface area contributed by atoms with Gasteiger partial charge in [0.25, 0.3) is 0 Å². The molecule has 0 unspecified atom stereocenters. The van der Waals surface area contributed by atoms with E-state index in [1.165, 1.54) is 55.3 Å². The van der Waals surface area contributed by atoms with Gasteiger partial charge in [0.2, 0.25) is 0 Å². The number of benzene rings is 7. The Morgan fingerprint density at radius 2 is 1.04 bits per heavy atom. The van der Waals surface area contributed by atoms with Gasteiger partial charge in [-0.05, 0) is 86.6 Å². The summed E-state index contributed by atoms with van der Waals surface area (Å²) >= 11 is 0. The molecule has 2 heteroatoms. The van der Waals surface area contributed by atoms with E-state index in [9.17, 15) is 0 Å². The van der Waals surface area contributed by atoms with E-state index in [1.54, 1.807) is 0 Å². The molecule has 1 heterocycles. The highest BCUT2D eigenvalue weighted by Crippen LogP contribution is 2.59. The van der Waals surface area contributed by atoms with Crippen LogP contribution in [0, 0.1) is 6.92 Å². The monoisotopic (exact) mass is 631 g/mol. The van der Waals surface area contributed by atoms with E-state index in [0.29, 0.717) is 0 Å². The highest BCUT2D eigenvalue weighted by atomic mass is 16.3. The molecule has 8 aromatic rings. The van der Waals surface area contributed by atoms with E-state index in [2.05, 4.69) is 173 Å². The van der Waals surface area contributed by atoms with Crippen molar-refractivity contribution in [1.82, 2.24) is 0 Å². The zero-order valence-corrected chi connectivity index (χ0v) is 28.6. The predicted molar refractivity (Wildman–Crippen MR) is 206 cm³/mol. The van der Waals surface area contributed by atoms with Gasteiger partial charge in [-0.25, -0.2) is 0 Å². The highest BCUT2D eigenvalue weighted by molar-refractivity contribution is 6.14. The van der Waals surface area contributed by atoms with Crippen LogP contribution < -0.4 is 4.90 Å². The number of rotatable bonds is 3. The lowest BCUT2D eigenvalue weighted by molar-refractivity contribution is 0.591. The van der Waals surface area contributed by atoms with Gasteiger partial charge in [0.1, 0.15) is 5.58 Å². The molecule has 0 amide bonds. The first-order valence-electron chi connectivity index (χ1n) is 17.4. The average Bonchev–Trinajstić information content (AvgIpc) is 3.62. The van der Waals surface area contributed by atoms with E-state index < -0.39 is 0 Å². The minimum absolute atomic E-state index is 0.0897. The summed E-state index contributed by atoms with van der Waals surface area (Å²) in [6.45, 7) is 11.8. The van der Waals surface area contributed by atoms with Crippen molar-refractivity contribution in [3.05, 3.63) is 161 Å². The Balaban J connectivity index is 1.27. The molecule has 2 aliphatic rings. The van der Waals surface area contributed by atoms with Gasteiger partial charge in [0.15, 0.2) is 5.58 Å². The lowest BCUT2D eigenvalue weighted by atomic mass is 9.63. The smallest absolute Gasteiger partial charge is 0.159 e. The zero-order valence-electron chi connectivity index (χ0n) is 28.6. The first-order valence-corrected chi connectivity index (χ1v) is 17.4. The van der Waals surface area contributed by atoms with Crippen molar-refractivity contribution in [3.8, 4) is 22.3 Å². The number of hydrogen-bond acceptors (Lipinski definition) is 2. The Bertz CT molecular complexity index is 2670. The van der Waals surface area contributed by atoms with Crippen molar-refractivity contribution >= 4 is 49.8 Å². The second kappa shape index (κ2) is 9.74. The molecule has 0 N–H and O–H groups in total. The Hall–Kier alpha value is -5.60. The van der Waals surface area contributed by atoms with Gasteiger partial charge in [0, 0.05) is 32.7 Å².